The van der Waals surface area contributed by atoms with Crippen molar-refractivity contribution < 1.29 is 8.42 Å². The normalized spacial score (nSPS) is 17.2. The Hall–Kier alpha value is -0.560. The van der Waals surface area contributed by atoms with Crippen molar-refractivity contribution in [3.8, 4) is 0 Å². The number of benzene rings is 1. The van der Waals surface area contributed by atoms with Gasteiger partial charge in [0.15, 0.2) is 0 Å². The third-order valence-corrected chi connectivity index (χ3v) is 5.74. The molecular weight excluding hydrogens is 292 g/mol. The smallest absolute Gasteiger partial charge is 0.213 e. The average Bonchev–Trinajstić information content (AvgIpc) is 2.47. The zero-order chi connectivity index (χ0) is 14.3. The first-order chi connectivity index (χ1) is 9.66. The molecule has 0 saturated carbocycles. The summed E-state index contributed by atoms with van der Waals surface area (Å²) in [5, 5.41) is 3.34. The van der Waals surface area contributed by atoms with Gasteiger partial charge in [-0.3, -0.25) is 0 Å². The Morgan fingerprint density at radius 1 is 1.15 bits per heavy atom. The predicted octanol–water partition coefficient (Wildman–Crippen LogP) is 1.59. The maximum absolute atomic E-state index is 11.9. The van der Waals surface area contributed by atoms with E-state index >= 15 is 0 Å². The van der Waals surface area contributed by atoms with Crippen LogP contribution in [0, 0.1) is 0 Å². The number of nitrogens with one attached hydrogen (secondary N) is 2. The van der Waals surface area contributed by atoms with Crippen molar-refractivity contribution in [3.63, 3.8) is 0 Å². The fourth-order valence-electron chi connectivity index (χ4n) is 2.16. The molecule has 6 heteroatoms. The minimum atomic E-state index is -3.20. The number of hydrogen-bond donors (Lipinski definition) is 2. The second kappa shape index (κ2) is 8.02. The van der Waals surface area contributed by atoms with E-state index in [1.165, 1.54) is 11.5 Å². The first-order valence-electron chi connectivity index (χ1n) is 6.98. The Morgan fingerprint density at radius 2 is 1.85 bits per heavy atom. The lowest BCUT2D eigenvalue weighted by molar-refractivity contribution is 0.494. The van der Waals surface area contributed by atoms with E-state index in [1.54, 1.807) is 0 Å². The van der Waals surface area contributed by atoms with Crippen LogP contribution in [0.3, 0.4) is 0 Å². The van der Waals surface area contributed by atoms with Crippen LogP contribution in [0.4, 0.5) is 0 Å². The minimum absolute atomic E-state index is 0.142. The molecule has 1 aliphatic rings. The summed E-state index contributed by atoms with van der Waals surface area (Å²) in [6.07, 6.45) is 2.28. The van der Waals surface area contributed by atoms with Crippen LogP contribution in [-0.4, -0.2) is 38.3 Å². The highest BCUT2D eigenvalue weighted by atomic mass is 32.2. The molecule has 1 aromatic rings. The van der Waals surface area contributed by atoms with Gasteiger partial charge in [-0.15, -0.1) is 0 Å². The Balaban J connectivity index is 1.68. The molecule has 1 aliphatic heterocycles. The first kappa shape index (κ1) is 15.8. The third kappa shape index (κ3) is 5.83. The van der Waals surface area contributed by atoms with Crippen LogP contribution in [0.15, 0.2) is 30.3 Å². The van der Waals surface area contributed by atoms with E-state index in [9.17, 15) is 8.42 Å². The van der Waals surface area contributed by atoms with Crippen molar-refractivity contribution in [1.82, 2.24) is 10.0 Å². The highest BCUT2D eigenvalue weighted by molar-refractivity contribution is 7.99. The van der Waals surface area contributed by atoms with E-state index in [0.717, 1.165) is 18.4 Å². The summed E-state index contributed by atoms with van der Waals surface area (Å²) in [5.74, 6) is 2.50. The topological polar surface area (TPSA) is 58.2 Å². The van der Waals surface area contributed by atoms with Crippen molar-refractivity contribution in [2.45, 2.75) is 25.4 Å². The van der Waals surface area contributed by atoms with E-state index in [4.69, 9.17) is 0 Å². The summed E-state index contributed by atoms with van der Waals surface area (Å²) < 4.78 is 26.4. The van der Waals surface area contributed by atoms with Gasteiger partial charge in [0, 0.05) is 19.1 Å². The molecule has 0 unspecified atom stereocenters. The second-order valence-corrected chi connectivity index (χ2v) is 8.12. The van der Waals surface area contributed by atoms with Crippen LogP contribution in [0.5, 0.6) is 0 Å². The van der Waals surface area contributed by atoms with Gasteiger partial charge in [-0.05, 0) is 29.9 Å². The summed E-state index contributed by atoms with van der Waals surface area (Å²) in [6, 6.07) is 10.1. The largest absolute Gasteiger partial charge is 0.313 e. The first-order valence-corrected chi connectivity index (χ1v) is 9.79. The summed E-state index contributed by atoms with van der Waals surface area (Å²) in [5.41, 5.74) is 0.980. The second-order valence-electron chi connectivity index (χ2n) is 4.97. The van der Waals surface area contributed by atoms with E-state index < -0.39 is 10.0 Å². The number of hydrogen-bond acceptors (Lipinski definition) is 4. The van der Waals surface area contributed by atoms with E-state index in [-0.39, 0.29) is 5.75 Å². The van der Waals surface area contributed by atoms with E-state index in [1.807, 2.05) is 42.1 Å². The van der Waals surface area contributed by atoms with Gasteiger partial charge in [-0.2, -0.15) is 11.8 Å². The fraction of sp³-hybridized carbons (Fsp3) is 0.571. The minimum Gasteiger partial charge on any atom is -0.313 e. The van der Waals surface area contributed by atoms with Crippen molar-refractivity contribution in [1.29, 1.82) is 0 Å². The molecule has 112 valence electrons. The number of sulfonamides is 1. The van der Waals surface area contributed by atoms with Crippen LogP contribution in [0.1, 0.15) is 18.4 Å². The molecule has 0 radical (unpaired) electrons. The van der Waals surface area contributed by atoms with Crippen LogP contribution in [0.2, 0.25) is 0 Å². The Labute approximate surface area is 125 Å². The monoisotopic (exact) mass is 314 g/mol. The molecular formula is C14H22N2O2S2. The Morgan fingerprint density at radius 3 is 2.55 bits per heavy atom. The molecule has 0 amide bonds. The number of thioether (sulfide) groups is 1. The van der Waals surface area contributed by atoms with Crippen molar-refractivity contribution >= 4 is 21.8 Å². The van der Waals surface area contributed by atoms with Crippen molar-refractivity contribution in [2.24, 2.45) is 0 Å². The number of rotatable bonds is 7. The molecule has 1 heterocycles. The molecule has 20 heavy (non-hydrogen) atoms. The molecule has 0 atom stereocenters. The van der Waals surface area contributed by atoms with Crippen molar-refractivity contribution in [3.05, 3.63) is 35.9 Å². The summed E-state index contributed by atoms with van der Waals surface area (Å²) in [7, 11) is -3.20. The van der Waals surface area contributed by atoms with Gasteiger partial charge in [0.25, 0.3) is 0 Å². The third-order valence-electron chi connectivity index (χ3n) is 3.36. The van der Waals surface area contributed by atoms with E-state index in [2.05, 4.69) is 10.0 Å². The van der Waals surface area contributed by atoms with Gasteiger partial charge >= 0.3 is 0 Å². The van der Waals surface area contributed by atoms with Gasteiger partial charge < -0.3 is 5.32 Å². The van der Waals surface area contributed by atoms with Crippen molar-refractivity contribution in [2.75, 3.05) is 23.8 Å². The molecule has 0 spiro atoms. The quantitative estimate of drug-likeness (QED) is 0.802. The molecule has 0 bridgehead atoms. The lowest BCUT2D eigenvalue weighted by Crippen LogP contribution is -2.38. The summed E-state index contributed by atoms with van der Waals surface area (Å²) in [4.78, 5) is 0. The fourth-order valence-corrected chi connectivity index (χ4v) is 4.18. The Kier molecular flexibility index (Phi) is 6.35. The molecule has 1 aromatic carbocycles. The molecule has 0 aliphatic carbocycles. The van der Waals surface area contributed by atoms with Gasteiger partial charge in [0.2, 0.25) is 10.0 Å². The zero-order valence-corrected chi connectivity index (χ0v) is 13.2. The average molecular weight is 314 g/mol. The van der Waals surface area contributed by atoms with Gasteiger partial charge in [-0.1, -0.05) is 30.3 Å². The van der Waals surface area contributed by atoms with Gasteiger partial charge in [0.05, 0.1) is 5.75 Å². The van der Waals surface area contributed by atoms with E-state index in [0.29, 0.717) is 19.1 Å². The maximum Gasteiger partial charge on any atom is 0.213 e. The molecule has 1 fully saturated rings. The highest BCUT2D eigenvalue weighted by Crippen LogP contribution is 2.16. The zero-order valence-electron chi connectivity index (χ0n) is 11.5. The molecule has 1 saturated heterocycles. The predicted molar refractivity (Wildman–Crippen MR) is 85.4 cm³/mol. The standard InChI is InChI=1S/C14H22N2O2S2/c17-20(18,16-12-13-4-2-1-3-5-13)11-8-15-14-6-9-19-10-7-14/h1-5,14-16H,6-12H2. The van der Waals surface area contributed by atoms with Gasteiger partial charge in [0.1, 0.15) is 0 Å². The lowest BCUT2D eigenvalue weighted by atomic mass is 10.1. The molecule has 2 N–H and O–H groups in total. The molecule has 4 nitrogen and oxygen atoms in total. The summed E-state index contributed by atoms with van der Waals surface area (Å²) >= 11 is 1.97. The SMILES string of the molecule is O=S(=O)(CCNC1CCSCC1)NCc1ccccc1. The molecule has 0 aromatic heterocycles. The van der Waals surface area contributed by atoms with Gasteiger partial charge in [-0.25, -0.2) is 13.1 Å². The van der Waals surface area contributed by atoms with Crippen LogP contribution >= 0.6 is 11.8 Å². The highest BCUT2D eigenvalue weighted by Gasteiger charge is 2.15. The van der Waals surface area contributed by atoms with Crippen LogP contribution in [0.25, 0.3) is 0 Å². The maximum atomic E-state index is 11.9. The molecule has 2 rings (SSSR count). The Bertz CT molecular complexity index is 485. The lowest BCUT2D eigenvalue weighted by Gasteiger charge is -2.22. The van der Waals surface area contributed by atoms with Crippen LogP contribution < -0.4 is 10.0 Å². The van der Waals surface area contributed by atoms with Crippen LogP contribution in [-0.2, 0) is 16.6 Å². The summed E-state index contributed by atoms with van der Waals surface area (Å²) in [6.45, 7) is 0.892.